The quantitative estimate of drug-likeness (QED) is 0.665. The molecule has 0 spiro atoms. The van der Waals surface area contributed by atoms with Crippen LogP contribution in [0.15, 0.2) is 16.8 Å². The van der Waals surface area contributed by atoms with Gasteiger partial charge in [-0.25, -0.2) is 0 Å². The second kappa shape index (κ2) is 3.92. The molecule has 0 radical (unpaired) electrons. The lowest BCUT2D eigenvalue weighted by molar-refractivity contribution is 0.171. The van der Waals surface area contributed by atoms with Crippen LogP contribution in [0, 0.1) is 5.41 Å². The van der Waals surface area contributed by atoms with Crippen LogP contribution in [0.1, 0.15) is 20.8 Å². The van der Waals surface area contributed by atoms with Crippen molar-refractivity contribution in [2.75, 3.05) is 19.8 Å². The molecule has 0 amide bonds. The minimum Gasteiger partial charge on any atom is -0.402 e. The molecule has 1 aliphatic rings. The van der Waals surface area contributed by atoms with E-state index < -0.39 is 0 Å². The highest BCUT2D eigenvalue weighted by molar-refractivity contribution is 5.96. The second-order valence-electron chi connectivity index (χ2n) is 4.28. The highest BCUT2D eigenvalue weighted by atomic mass is 16.5. The Bertz CT molecular complexity index is 236. The lowest BCUT2D eigenvalue weighted by Gasteiger charge is -2.20. The zero-order chi connectivity index (χ0) is 9.90. The second-order valence-corrected chi connectivity index (χ2v) is 4.28. The molecule has 0 aliphatic carbocycles. The van der Waals surface area contributed by atoms with Crippen molar-refractivity contribution in [2.45, 2.75) is 20.8 Å². The Morgan fingerprint density at radius 2 is 2.23 bits per heavy atom. The fourth-order valence-corrected chi connectivity index (χ4v) is 0.959. The maximum Gasteiger partial charge on any atom is 0.0885 e. The maximum atomic E-state index is 5.91. The molecular weight excluding hydrogens is 164 g/mol. The van der Waals surface area contributed by atoms with E-state index in [1.165, 1.54) is 0 Å². The molecule has 0 saturated heterocycles. The third-order valence-electron chi connectivity index (χ3n) is 1.99. The number of aliphatic imine (C=N–C) groups is 1. The van der Waals surface area contributed by atoms with Crippen molar-refractivity contribution < 1.29 is 4.74 Å². The summed E-state index contributed by atoms with van der Waals surface area (Å²) in [7, 11) is 0. The van der Waals surface area contributed by atoms with E-state index in [4.69, 9.17) is 10.5 Å². The van der Waals surface area contributed by atoms with Crippen molar-refractivity contribution >= 4 is 5.71 Å². The first-order valence-electron chi connectivity index (χ1n) is 4.59. The predicted octanol–water partition coefficient (Wildman–Crippen LogP) is 1.35. The number of ether oxygens (including phenoxy) is 1. The van der Waals surface area contributed by atoms with Crippen molar-refractivity contribution in [1.29, 1.82) is 0 Å². The van der Waals surface area contributed by atoms with Gasteiger partial charge >= 0.3 is 0 Å². The topological polar surface area (TPSA) is 47.6 Å². The molecular formula is C10H18N2O. The van der Waals surface area contributed by atoms with Crippen molar-refractivity contribution in [2.24, 2.45) is 16.1 Å². The number of nitrogens with zero attached hydrogens (tertiary/aromatic N) is 1. The lowest BCUT2D eigenvalue weighted by atomic mass is 9.91. The van der Waals surface area contributed by atoms with Gasteiger partial charge in [0.15, 0.2) is 0 Å². The van der Waals surface area contributed by atoms with E-state index in [-0.39, 0.29) is 5.41 Å². The summed E-state index contributed by atoms with van der Waals surface area (Å²) in [5.41, 5.74) is 7.74. The number of hydrogen-bond acceptors (Lipinski definition) is 3. The number of nitrogens with two attached hydrogens (primary N) is 1. The van der Waals surface area contributed by atoms with E-state index in [9.17, 15) is 0 Å². The average Bonchev–Trinajstić information content (AvgIpc) is 2.04. The maximum absolute atomic E-state index is 5.91. The van der Waals surface area contributed by atoms with Crippen LogP contribution >= 0.6 is 0 Å². The van der Waals surface area contributed by atoms with Crippen molar-refractivity contribution in [3.63, 3.8) is 0 Å². The molecule has 1 rings (SSSR count). The minimum atomic E-state index is 0.0139. The lowest BCUT2D eigenvalue weighted by Crippen LogP contribution is -2.22. The third-order valence-corrected chi connectivity index (χ3v) is 1.99. The highest BCUT2D eigenvalue weighted by Gasteiger charge is 2.14. The summed E-state index contributed by atoms with van der Waals surface area (Å²) >= 11 is 0. The Labute approximate surface area is 79.7 Å². The molecule has 3 nitrogen and oxygen atoms in total. The molecule has 0 fully saturated rings. The van der Waals surface area contributed by atoms with Crippen molar-refractivity contribution in [3.8, 4) is 0 Å². The van der Waals surface area contributed by atoms with Gasteiger partial charge in [-0.1, -0.05) is 20.8 Å². The van der Waals surface area contributed by atoms with Gasteiger partial charge in [0.05, 0.1) is 25.5 Å². The molecule has 1 aliphatic heterocycles. The first-order valence-corrected chi connectivity index (χ1v) is 4.59. The predicted molar refractivity (Wildman–Crippen MR) is 54.8 cm³/mol. The van der Waals surface area contributed by atoms with Crippen LogP contribution < -0.4 is 5.73 Å². The summed E-state index contributed by atoms with van der Waals surface area (Å²) in [5.74, 6) is 0. The van der Waals surface area contributed by atoms with Crippen LogP contribution in [0.4, 0.5) is 0 Å². The number of allylic oxidation sites excluding steroid dienone is 1. The van der Waals surface area contributed by atoms with Gasteiger partial charge in [-0.3, -0.25) is 4.99 Å². The summed E-state index contributed by atoms with van der Waals surface area (Å²) in [6.45, 7) is 8.34. The average molecular weight is 182 g/mol. The standard InChI is InChI=1S/C10H18N2O/c1-10(2,3)9(11)6-8-7-13-5-4-12-8/h6H,4-5,7,11H2,1-3H3/b9-6-. The van der Waals surface area contributed by atoms with E-state index in [1.54, 1.807) is 0 Å². The Balaban J connectivity index is 2.69. The molecule has 0 saturated carbocycles. The SMILES string of the molecule is CC(C)(C)/C(N)=C/C1=NCCOC1. The third kappa shape index (κ3) is 3.19. The molecule has 0 unspecified atom stereocenters. The largest absolute Gasteiger partial charge is 0.402 e. The van der Waals surface area contributed by atoms with Gasteiger partial charge in [-0.15, -0.1) is 0 Å². The molecule has 74 valence electrons. The van der Waals surface area contributed by atoms with Gasteiger partial charge in [-0.05, 0) is 6.08 Å². The zero-order valence-electron chi connectivity index (χ0n) is 8.63. The summed E-state index contributed by atoms with van der Waals surface area (Å²) in [6, 6.07) is 0. The van der Waals surface area contributed by atoms with Crippen molar-refractivity contribution in [1.82, 2.24) is 0 Å². The normalized spacial score (nSPS) is 19.9. The molecule has 1 heterocycles. The smallest absolute Gasteiger partial charge is 0.0885 e. The number of rotatable bonds is 1. The Hall–Kier alpha value is -0.830. The Kier molecular flexibility index (Phi) is 3.09. The molecule has 2 N–H and O–H groups in total. The van der Waals surface area contributed by atoms with Gasteiger partial charge in [0, 0.05) is 11.1 Å². The molecule has 0 aromatic carbocycles. The van der Waals surface area contributed by atoms with Crippen LogP contribution in [-0.4, -0.2) is 25.5 Å². The Morgan fingerprint density at radius 3 is 2.69 bits per heavy atom. The summed E-state index contributed by atoms with van der Waals surface area (Å²) < 4.78 is 5.26. The first kappa shape index (κ1) is 10.3. The zero-order valence-corrected chi connectivity index (χ0v) is 8.63. The monoisotopic (exact) mass is 182 g/mol. The van der Waals surface area contributed by atoms with Gasteiger partial charge < -0.3 is 10.5 Å². The van der Waals surface area contributed by atoms with Gasteiger partial charge in [-0.2, -0.15) is 0 Å². The van der Waals surface area contributed by atoms with Crippen LogP contribution in [0.3, 0.4) is 0 Å². The van der Waals surface area contributed by atoms with Crippen LogP contribution in [-0.2, 0) is 4.74 Å². The molecule has 0 aromatic heterocycles. The molecule has 3 heteroatoms. The van der Waals surface area contributed by atoms with E-state index in [2.05, 4.69) is 25.8 Å². The fraction of sp³-hybridized carbons (Fsp3) is 0.700. The van der Waals surface area contributed by atoms with Gasteiger partial charge in [0.25, 0.3) is 0 Å². The van der Waals surface area contributed by atoms with Gasteiger partial charge in [0.2, 0.25) is 0 Å². The fourth-order valence-electron chi connectivity index (χ4n) is 0.959. The van der Waals surface area contributed by atoms with Gasteiger partial charge in [0.1, 0.15) is 0 Å². The van der Waals surface area contributed by atoms with Crippen LogP contribution in [0.5, 0.6) is 0 Å². The molecule has 13 heavy (non-hydrogen) atoms. The number of hydrogen-bond donors (Lipinski definition) is 1. The first-order chi connectivity index (χ1) is 6.00. The highest BCUT2D eigenvalue weighted by Crippen LogP contribution is 2.20. The van der Waals surface area contributed by atoms with E-state index in [0.717, 1.165) is 24.6 Å². The minimum absolute atomic E-state index is 0.0139. The summed E-state index contributed by atoms with van der Waals surface area (Å²) in [4.78, 5) is 4.32. The van der Waals surface area contributed by atoms with Crippen LogP contribution in [0.25, 0.3) is 0 Å². The molecule has 0 aromatic rings. The molecule has 0 bridgehead atoms. The van der Waals surface area contributed by atoms with E-state index in [0.29, 0.717) is 6.61 Å². The van der Waals surface area contributed by atoms with Crippen molar-refractivity contribution in [3.05, 3.63) is 11.8 Å². The van der Waals surface area contributed by atoms with E-state index >= 15 is 0 Å². The molecule has 0 atom stereocenters. The summed E-state index contributed by atoms with van der Waals surface area (Å²) in [5, 5.41) is 0. The summed E-state index contributed by atoms with van der Waals surface area (Å²) in [6.07, 6.45) is 1.93. The van der Waals surface area contributed by atoms with E-state index in [1.807, 2.05) is 6.08 Å². The van der Waals surface area contributed by atoms with Crippen LogP contribution in [0.2, 0.25) is 0 Å². The Morgan fingerprint density at radius 1 is 1.54 bits per heavy atom.